The van der Waals surface area contributed by atoms with E-state index in [0.717, 1.165) is 5.56 Å². The van der Waals surface area contributed by atoms with Crippen molar-refractivity contribution in [3.8, 4) is 0 Å². The van der Waals surface area contributed by atoms with Gasteiger partial charge in [-0.1, -0.05) is 35.3 Å². The van der Waals surface area contributed by atoms with Crippen molar-refractivity contribution in [2.45, 2.75) is 6.54 Å². The number of carbonyl (C=O) groups excluding carboxylic acids is 3. The highest BCUT2D eigenvalue weighted by Crippen LogP contribution is 2.22. The first kappa shape index (κ1) is 20.7. The van der Waals surface area contributed by atoms with E-state index in [0.29, 0.717) is 16.1 Å². The van der Waals surface area contributed by atoms with Crippen LogP contribution in [0.2, 0.25) is 10.0 Å². The summed E-state index contributed by atoms with van der Waals surface area (Å²) < 4.78 is 0. The first-order valence-electron chi connectivity index (χ1n) is 8.08. The van der Waals surface area contributed by atoms with Crippen LogP contribution in [0.1, 0.15) is 26.3 Å². The van der Waals surface area contributed by atoms with Crippen molar-refractivity contribution in [1.82, 2.24) is 15.5 Å². The predicted octanol–water partition coefficient (Wildman–Crippen LogP) is 2.74. The molecule has 0 saturated carbocycles. The minimum Gasteiger partial charge on any atom is -0.350 e. The molecule has 6 nitrogen and oxygen atoms in total. The summed E-state index contributed by atoms with van der Waals surface area (Å²) in [6, 6.07) is 11.4. The van der Waals surface area contributed by atoms with Crippen molar-refractivity contribution in [2.75, 3.05) is 20.6 Å². The number of benzene rings is 2. The molecule has 0 atom stereocenters. The van der Waals surface area contributed by atoms with Gasteiger partial charge in [0.05, 0.1) is 16.6 Å². The summed E-state index contributed by atoms with van der Waals surface area (Å²) in [5.41, 5.74) is 1.73. The lowest BCUT2D eigenvalue weighted by Gasteiger charge is -2.11. The van der Waals surface area contributed by atoms with Crippen molar-refractivity contribution in [1.29, 1.82) is 0 Å². The molecule has 2 rings (SSSR count). The molecule has 2 aromatic carbocycles. The number of nitrogens with one attached hydrogen (secondary N) is 2. The van der Waals surface area contributed by atoms with Gasteiger partial charge in [0.25, 0.3) is 11.8 Å². The molecule has 142 valence electrons. The summed E-state index contributed by atoms with van der Waals surface area (Å²) >= 11 is 11.7. The second-order valence-corrected chi connectivity index (χ2v) is 6.80. The monoisotopic (exact) mass is 407 g/mol. The van der Waals surface area contributed by atoms with Gasteiger partial charge in [-0.05, 0) is 35.9 Å². The van der Waals surface area contributed by atoms with E-state index < -0.39 is 5.91 Å². The summed E-state index contributed by atoms with van der Waals surface area (Å²) in [5.74, 6) is -0.845. The van der Waals surface area contributed by atoms with E-state index in [9.17, 15) is 14.4 Å². The molecule has 0 aromatic heterocycles. The zero-order valence-electron chi connectivity index (χ0n) is 14.9. The van der Waals surface area contributed by atoms with Gasteiger partial charge >= 0.3 is 0 Å². The maximum atomic E-state index is 12.0. The Balaban J connectivity index is 1.81. The Hall–Kier alpha value is -2.57. The van der Waals surface area contributed by atoms with Gasteiger partial charge in [-0.2, -0.15) is 0 Å². The Morgan fingerprint density at radius 1 is 0.889 bits per heavy atom. The molecule has 27 heavy (non-hydrogen) atoms. The van der Waals surface area contributed by atoms with Gasteiger partial charge in [-0.3, -0.25) is 14.4 Å². The predicted molar refractivity (Wildman–Crippen MR) is 105 cm³/mol. The van der Waals surface area contributed by atoms with Gasteiger partial charge in [-0.15, -0.1) is 0 Å². The van der Waals surface area contributed by atoms with Crippen molar-refractivity contribution < 1.29 is 14.4 Å². The molecular weight excluding hydrogens is 389 g/mol. The fourth-order valence-corrected chi connectivity index (χ4v) is 2.48. The molecule has 0 spiro atoms. The molecule has 0 saturated heterocycles. The molecule has 0 aliphatic carbocycles. The van der Waals surface area contributed by atoms with Gasteiger partial charge in [0.1, 0.15) is 0 Å². The van der Waals surface area contributed by atoms with Crippen LogP contribution in [0.15, 0.2) is 42.5 Å². The summed E-state index contributed by atoms with van der Waals surface area (Å²) in [6.07, 6.45) is 0. The zero-order chi connectivity index (χ0) is 20.0. The van der Waals surface area contributed by atoms with E-state index in [1.807, 2.05) is 0 Å². The number of rotatable bonds is 6. The number of halogens is 2. The molecule has 0 bridgehead atoms. The quantitative estimate of drug-likeness (QED) is 0.772. The van der Waals surface area contributed by atoms with Crippen molar-refractivity contribution >= 4 is 40.9 Å². The highest BCUT2D eigenvalue weighted by Gasteiger charge is 2.10. The van der Waals surface area contributed by atoms with Gasteiger partial charge < -0.3 is 15.5 Å². The summed E-state index contributed by atoms with van der Waals surface area (Å²) in [5, 5.41) is 5.84. The number of nitrogens with zero attached hydrogens (tertiary/aromatic N) is 1. The van der Waals surface area contributed by atoms with Gasteiger partial charge in [0.2, 0.25) is 5.91 Å². The molecule has 0 radical (unpaired) electrons. The second-order valence-electron chi connectivity index (χ2n) is 5.98. The molecule has 0 aliphatic rings. The molecular formula is C19H19Cl2N3O3. The van der Waals surface area contributed by atoms with Crippen LogP contribution in [0, 0.1) is 0 Å². The first-order valence-corrected chi connectivity index (χ1v) is 8.84. The van der Waals surface area contributed by atoms with Crippen LogP contribution >= 0.6 is 23.2 Å². The summed E-state index contributed by atoms with van der Waals surface area (Å²) in [7, 11) is 3.37. The number of hydrogen-bond donors (Lipinski definition) is 2. The highest BCUT2D eigenvalue weighted by molar-refractivity contribution is 6.42. The third kappa shape index (κ3) is 5.98. The van der Waals surface area contributed by atoms with Crippen LogP contribution in [0.4, 0.5) is 0 Å². The average molecular weight is 408 g/mol. The molecule has 0 heterocycles. The Morgan fingerprint density at radius 2 is 1.52 bits per heavy atom. The lowest BCUT2D eigenvalue weighted by molar-refractivity contribution is -0.120. The molecule has 0 aliphatic heterocycles. The first-order chi connectivity index (χ1) is 12.8. The lowest BCUT2D eigenvalue weighted by Crippen LogP contribution is -2.36. The van der Waals surface area contributed by atoms with E-state index in [-0.39, 0.29) is 29.9 Å². The maximum Gasteiger partial charge on any atom is 0.253 e. The minimum absolute atomic E-state index is 0.0874. The van der Waals surface area contributed by atoms with Crippen molar-refractivity contribution in [2.24, 2.45) is 0 Å². The fraction of sp³-hybridized carbons (Fsp3) is 0.211. The largest absolute Gasteiger partial charge is 0.350 e. The summed E-state index contributed by atoms with van der Waals surface area (Å²) in [6.45, 7) is 0.119. The fourth-order valence-electron chi connectivity index (χ4n) is 2.19. The Labute approximate surface area is 167 Å². The van der Waals surface area contributed by atoms with Crippen LogP contribution in [-0.2, 0) is 11.3 Å². The Bertz CT molecular complexity index is 852. The van der Waals surface area contributed by atoms with Crippen molar-refractivity contribution in [3.05, 3.63) is 69.2 Å². The average Bonchev–Trinajstić information content (AvgIpc) is 2.66. The molecule has 8 heteroatoms. The standard InChI is InChI=1S/C19H19Cl2N3O3/c1-24(2)19(27)13-5-3-12(4-6-13)10-22-17(25)11-23-18(26)14-7-8-15(20)16(21)9-14/h3-9H,10-11H2,1-2H3,(H,22,25)(H,23,26). The van der Waals surface area contributed by atoms with Gasteiger partial charge in [-0.25, -0.2) is 0 Å². The molecule has 2 aromatic rings. The van der Waals surface area contributed by atoms with Crippen LogP contribution in [0.3, 0.4) is 0 Å². The number of amides is 3. The molecule has 0 unspecified atom stereocenters. The molecule has 3 amide bonds. The number of hydrogen-bond acceptors (Lipinski definition) is 3. The van der Waals surface area contributed by atoms with E-state index in [1.165, 1.54) is 23.1 Å². The van der Waals surface area contributed by atoms with Crippen LogP contribution in [0.25, 0.3) is 0 Å². The highest BCUT2D eigenvalue weighted by atomic mass is 35.5. The molecule has 0 fully saturated rings. The maximum absolute atomic E-state index is 12.0. The minimum atomic E-state index is -0.421. The van der Waals surface area contributed by atoms with Gasteiger partial charge in [0, 0.05) is 31.8 Å². The zero-order valence-corrected chi connectivity index (χ0v) is 16.4. The summed E-state index contributed by atoms with van der Waals surface area (Å²) in [4.78, 5) is 37.2. The van der Waals surface area contributed by atoms with E-state index in [4.69, 9.17) is 23.2 Å². The van der Waals surface area contributed by atoms with Gasteiger partial charge in [0.15, 0.2) is 0 Å². The second kappa shape index (κ2) is 9.39. The van der Waals surface area contributed by atoms with Crippen LogP contribution in [0.5, 0.6) is 0 Å². The SMILES string of the molecule is CN(C)C(=O)c1ccc(CNC(=O)CNC(=O)c2ccc(Cl)c(Cl)c2)cc1. The topological polar surface area (TPSA) is 78.5 Å². The molecule has 2 N–H and O–H groups in total. The smallest absolute Gasteiger partial charge is 0.253 e. The number of carbonyl (C=O) groups is 3. The van der Waals surface area contributed by atoms with E-state index in [1.54, 1.807) is 38.4 Å². The lowest BCUT2D eigenvalue weighted by atomic mass is 10.1. The normalized spacial score (nSPS) is 10.2. The van der Waals surface area contributed by atoms with Crippen molar-refractivity contribution in [3.63, 3.8) is 0 Å². The Kier molecular flexibility index (Phi) is 7.21. The van der Waals surface area contributed by atoms with E-state index >= 15 is 0 Å². The Morgan fingerprint density at radius 3 is 2.11 bits per heavy atom. The third-order valence-electron chi connectivity index (χ3n) is 3.69. The van der Waals surface area contributed by atoms with Crippen LogP contribution in [-0.4, -0.2) is 43.3 Å². The van der Waals surface area contributed by atoms with E-state index in [2.05, 4.69) is 10.6 Å². The third-order valence-corrected chi connectivity index (χ3v) is 4.43. The van der Waals surface area contributed by atoms with Crippen LogP contribution < -0.4 is 10.6 Å².